The lowest BCUT2D eigenvalue weighted by Gasteiger charge is -1.98. The summed E-state index contributed by atoms with van der Waals surface area (Å²) < 4.78 is 2.91. The standard InChI is InChI=1S/C10H7BrN2/c1-13-8(6-12)5-7-3-2-4-9(11)10(7)13/h2-5H,1H3. The highest BCUT2D eigenvalue weighted by atomic mass is 79.9. The second-order valence-corrected chi connectivity index (χ2v) is 3.73. The zero-order chi connectivity index (χ0) is 9.42. The molecular weight excluding hydrogens is 228 g/mol. The minimum Gasteiger partial charge on any atom is -0.335 e. The molecule has 0 aliphatic rings. The summed E-state index contributed by atoms with van der Waals surface area (Å²) >= 11 is 3.46. The van der Waals surface area contributed by atoms with E-state index < -0.39 is 0 Å². The number of hydrogen-bond acceptors (Lipinski definition) is 1. The lowest BCUT2D eigenvalue weighted by Crippen LogP contribution is -1.90. The van der Waals surface area contributed by atoms with E-state index in [1.54, 1.807) is 0 Å². The van der Waals surface area contributed by atoms with Crippen LogP contribution in [-0.4, -0.2) is 4.57 Å². The Labute approximate surface area is 84.5 Å². The highest BCUT2D eigenvalue weighted by Gasteiger charge is 2.06. The maximum atomic E-state index is 8.82. The maximum absolute atomic E-state index is 8.82. The Balaban J connectivity index is 2.95. The molecule has 0 saturated heterocycles. The van der Waals surface area contributed by atoms with Crippen molar-refractivity contribution in [1.82, 2.24) is 4.57 Å². The monoisotopic (exact) mass is 234 g/mol. The van der Waals surface area contributed by atoms with Gasteiger partial charge in [-0.15, -0.1) is 0 Å². The summed E-state index contributed by atoms with van der Waals surface area (Å²) in [5.74, 6) is 0. The van der Waals surface area contributed by atoms with Crippen molar-refractivity contribution in [1.29, 1.82) is 5.26 Å². The van der Waals surface area contributed by atoms with Crippen molar-refractivity contribution in [3.05, 3.63) is 34.4 Å². The first-order chi connectivity index (χ1) is 6.24. The van der Waals surface area contributed by atoms with Crippen LogP contribution in [0.1, 0.15) is 5.69 Å². The molecule has 64 valence electrons. The lowest BCUT2D eigenvalue weighted by atomic mass is 10.2. The Hall–Kier alpha value is -1.27. The fraction of sp³-hybridized carbons (Fsp3) is 0.100. The smallest absolute Gasteiger partial charge is 0.121 e. The number of fused-ring (bicyclic) bond motifs is 1. The summed E-state index contributed by atoms with van der Waals surface area (Å²) in [6.45, 7) is 0. The van der Waals surface area contributed by atoms with Crippen molar-refractivity contribution < 1.29 is 0 Å². The van der Waals surface area contributed by atoms with Crippen molar-refractivity contribution in [2.24, 2.45) is 7.05 Å². The molecule has 0 amide bonds. The molecule has 0 fully saturated rings. The first-order valence-electron chi connectivity index (χ1n) is 3.88. The molecular formula is C10H7BrN2. The second kappa shape index (κ2) is 2.90. The third kappa shape index (κ3) is 1.14. The van der Waals surface area contributed by atoms with E-state index in [4.69, 9.17) is 5.26 Å². The molecule has 1 aromatic carbocycles. The van der Waals surface area contributed by atoms with E-state index in [9.17, 15) is 0 Å². The molecule has 0 atom stereocenters. The molecule has 13 heavy (non-hydrogen) atoms. The number of benzene rings is 1. The first kappa shape index (κ1) is 8.33. The van der Waals surface area contributed by atoms with Gasteiger partial charge in [-0.3, -0.25) is 0 Å². The molecule has 0 unspecified atom stereocenters. The molecule has 0 radical (unpaired) electrons. The van der Waals surface area contributed by atoms with E-state index in [1.165, 1.54) is 0 Å². The molecule has 0 aliphatic heterocycles. The quantitative estimate of drug-likeness (QED) is 0.690. The molecule has 0 saturated carbocycles. The van der Waals surface area contributed by atoms with Crippen LogP contribution in [0.15, 0.2) is 28.7 Å². The summed E-state index contributed by atoms with van der Waals surface area (Å²) in [7, 11) is 1.89. The van der Waals surface area contributed by atoms with Crippen LogP contribution in [0.4, 0.5) is 0 Å². The highest BCUT2D eigenvalue weighted by Crippen LogP contribution is 2.25. The fourth-order valence-electron chi connectivity index (χ4n) is 1.47. The van der Waals surface area contributed by atoms with Crippen LogP contribution in [0.2, 0.25) is 0 Å². The maximum Gasteiger partial charge on any atom is 0.121 e. The summed E-state index contributed by atoms with van der Waals surface area (Å²) in [6.07, 6.45) is 0. The van der Waals surface area contributed by atoms with Gasteiger partial charge in [0.1, 0.15) is 11.8 Å². The molecule has 0 aliphatic carbocycles. The summed E-state index contributed by atoms with van der Waals surface area (Å²) in [5.41, 5.74) is 1.75. The number of para-hydroxylation sites is 1. The number of nitrogens with zero attached hydrogens (tertiary/aromatic N) is 2. The zero-order valence-corrected chi connectivity index (χ0v) is 8.67. The van der Waals surface area contributed by atoms with Crippen LogP contribution in [0, 0.1) is 11.3 Å². The Morgan fingerprint density at radius 2 is 2.23 bits per heavy atom. The van der Waals surface area contributed by atoms with E-state index in [0.717, 1.165) is 15.4 Å². The summed E-state index contributed by atoms with van der Waals surface area (Å²) in [6, 6.07) is 9.99. The van der Waals surface area contributed by atoms with Crippen molar-refractivity contribution in [3.63, 3.8) is 0 Å². The SMILES string of the molecule is Cn1c(C#N)cc2cccc(Br)c21. The Morgan fingerprint density at radius 3 is 2.85 bits per heavy atom. The van der Waals surface area contributed by atoms with Gasteiger partial charge in [-0.1, -0.05) is 12.1 Å². The van der Waals surface area contributed by atoms with E-state index >= 15 is 0 Å². The van der Waals surface area contributed by atoms with Gasteiger partial charge in [0.25, 0.3) is 0 Å². The molecule has 1 heterocycles. The fourth-order valence-corrected chi connectivity index (χ4v) is 2.12. The van der Waals surface area contributed by atoms with Gasteiger partial charge in [0.15, 0.2) is 0 Å². The molecule has 0 spiro atoms. The van der Waals surface area contributed by atoms with Gasteiger partial charge in [0, 0.05) is 16.9 Å². The van der Waals surface area contributed by atoms with Gasteiger partial charge in [-0.2, -0.15) is 5.26 Å². The summed E-state index contributed by atoms with van der Waals surface area (Å²) in [5, 5.41) is 9.92. The van der Waals surface area contributed by atoms with E-state index in [2.05, 4.69) is 22.0 Å². The molecule has 0 N–H and O–H groups in total. The van der Waals surface area contributed by atoms with E-state index in [0.29, 0.717) is 5.69 Å². The molecule has 3 heteroatoms. The average molecular weight is 235 g/mol. The Morgan fingerprint density at radius 1 is 1.46 bits per heavy atom. The van der Waals surface area contributed by atoms with Crippen LogP contribution in [0.3, 0.4) is 0 Å². The van der Waals surface area contributed by atoms with Crippen molar-refractivity contribution in [3.8, 4) is 6.07 Å². The number of aryl methyl sites for hydroxylation is 1. The second-order valence-electron chi connectivity index (χ2n) is 2.88. The first-order valence-corrected chi connectivity index (χ1v) is 4.67. The number of nitriles is 1. The minimum absolute atomic E-state index is 0.682. The molecule has 2 rings (SSSR count). The van der Waals surface area contributed by atoms with Crippen LogP contribution in [0.25, 0.3) is 10.9 Å². The van der Waals surface area contributed by atoms with Crippen LogP contribution in [0.5, 0.6) is 0 Å². The zero-order valence-electron chi connectivity index (χ0n) is 7.08. The number of rotatable bonds is 0. The number of halogens is 1. The largest absolute Gasteiger partial charge is 0.335 e. The topological polar surface area (TPSA) is 28.7 Å². The third-order valence-electron chi connectivity index (χ3n) is 2.12. The Bertz CT molecular complexity index is 505. The third-order valence-corrected chi connectivity index (χ3v) is 2.76. The van der Waals surface area contributed by atoms with Crippen molar-refractivity contribution in [2.45, 2.75) is 0 Å². The van der Waals surface area contributed by atoms with Gasteiger partial charge in [0.2, 0.25) is 0 Å². The van der Waals surface area contributed by atoms with Crippen molar-refractivity contribution in [2.75, 3.05) is 0 Å². The van der Waals surface area contributed by atoms with E-state index in [1.807, 2.05) is 35.9 Å². The van der Waals surface area contributed by atoms with Gasteiger partial charge in [-0.25, -0.2) is 0 Å². The predicted octanol–water partition coefficient (Wildman–Crippen LogP) is 2.81. The molecule has 2 aromatic rings. The number of hydrogen-bond donors (Lipinski definition) is 0. The highest BCUT2D eigenvalue weighted by molar-refractivity contribution is 9.10. The molecule has 2 nitrogen and oxygen atoms in total. The lowest BCUT2D eigenvalue weighted by molar-refractivity contribution is 0.945. The average Bonchev–Trinajstić information content (AvgIpc) is 2.44. The minimum atomic E-state index is 0.682. The van der Waals surface area contributed by atoms with Gasteiger partial charge < -0.3 is 4.57 Å². The van der Waals surface area contributed by atoms with Crippen LogP contribution >= 0.6 is 15.9 Å². The normalized spacial score (nSPS) is 10.2. The van der Waals surface area contributed by atoms with Gasteiger partial charge in [-0.05, 0) is 28.1 Å². The molecule has 1 aromatic heterocycles. The predicted molar refractivity (Wildman–Crippen MR) is 55.3 cm³/mol. The molecule has 0 bridgehead atoms. The van der Waals surface area contributed by atoms with Gasteiger partial charge >= 0.3 is 0 Å². The van der Waals surface area contributed by atoms with Crippen molar-refractivity contribution >= 4 is 26.8 Å². The van der Waals surface area contributed by atoms with Crippen LogP contribution in [-0.2, 0) is 7.05 Å². The summed E-state index contributed by atoms with van der Waals surface area (Å²) in [4.78, 5) is 0. The number of aromatic nitrogens is 1. The van der Waals surface area contributed by atoms with Gasteiger partial charge in [0.05, 0.1) is 5.52 Å². The van der Waals surface area contributed by atoms with E-state index in [-0.39, 0.29) is 0 Å². The Kier molecular flexibility index (Phi) is 1.86. The van der Waals surface area contributed by atoms with Crippen LogP contribution < -0.4 is 0 Å².